The van der Waals surface area contributed by atoms with Crippen molar-refractivity contribution in [2.45, 2.75) is 33.6 Å². The molecule has 1 atom stereocenters. The van der Waals surface area contributed by atoms with Crippen molar-refractivity contribution in [3.05, 3.63) is 12.3 Å². The molecule has 1 aliphatic heterocycles. The van der Waals surface area contributed by atoms with Gasteiger partial charge >= 0.3 is 0 Å². The number of amides is 1. The minimum Gasteiger partial charge on any atom is -0.330 e. The third-order valence-corrected chi connectivity index (χ3v) is 2.02. The van der Waals surface area contributed by atoms with Crippen LogP contribution in [0.5, 0.6) is 0 Å². The number of nitrogens with one attached hydrogen (secondary N) is 1. The van der Waals surface area contributed by atoms with Gasteiger partial charge in [0.25, 0.3) is 0 Å². The van der Waals surface area contributed by atoms with Gasteiger partial charge in [0, 0.05) is 11.6 Å². The van der Waals surface area contributed by atoms with E-state index in [4.69, 9.17) is 0 Å². The first-order valence-electron chi connectivity index (χ1n) is 4.37. The normalized spacial score (nSPS) is 24.4. The van der Waals surface area contributed by atoms with Gasteiger partial charge in [-0.05, 0) is 18.3 Å². The van der Waals surface area contributed by atoms with E-state index in [1.165, 1.54) is 0 Å². The summed E-state index contributed by atoms with van der Waals surface area (Å²) < 4.78 is 0. The third-order valence-electron chi connectivity index (χ3n) is 2.02. The number of carbonyl (C=O) groups is 1. The second-order valence-electron chi connectivity index (χ2n) is 4.76. The van der Waals surface area contributed by atoms with Crippen LogP contribution in [-0.4, -0.2) is 5.91 Å². The number of carbonyl (C=O) groups excluding carboxylic acids is 1. The number of rotatable bonds is 1. The molecule has 1 aliphatic rings. The van der Waals surface area contributed by atoms with E-state index in [-0.39, 0.29) is 17.2 Å². The van der Waals surface area contributed by atoms with Crippen molar-refractivity contribution < 1.29 is 4.79 Å². The van der Waals surface area contributed by atoms with Crippen molar-refractivity contribution >= 4 is 5.91 Å². The van der Waals surface area contributed by atoms with Crippen LogP contribution in [0.15, 0.2) is 12.3 Å². The zero-order chi connectivity index (χ0) is 9.35. The minimum atomic E-state index is 0.148. The molecule has 1 rings (SSSR count). The van der Waals surface area contributed by atoms with Gasteiger partial charge in [-0.2, -0.15) is 0 Å². The third kappa shape index (κ3) is 2.36. The van der Waals surface area contributed by atoms with Crippen LogP contribution in [0.4, 0.5) is 0 Å². The maximum atomic E-state index is 11.3. The molecule has 68 valence electrons. The lowest BCUT2D eigenvalue weighted by Gasteiger charge is -2.20. The van der Waals surface area contributed by atoms with Crippen LogP contribution in [0.2, 0.25) is 0 Å². The highest BCUT2D eigenvalue weighted by molar-refractivity contribution is 5.83. The second kappa shape index (κ2) is 2.92. The Morgan fingerprint density at radius 1 is 1.58 bits per heavy atom. The van der Waals surface area contributed by atoms with Crippen LogP contribution in [0, 0.1) is 11.3 Å². The van der Waals surface area contributed by atoms with Crippen LogP contribution in [-0.2, 0) is 4.79 Å². The predicted molar refractivity (Wildman–Crippen MR) is 49.5 cm³/mol. The molecule has 0 aromatic rings. The SMILES string of the molecule is C=C1CC(CC(C)(C)C)C(=O)N1. The fourth-order valence-electron chi connectivity index (χ4n) is 1.62. The molecule has 1 fully saturated rings. The van der Waals surface area contributed by atoms with Crippen molar-refractivity contribution in [3.8, 4) is 0 Å². The zero-order valence-electron chi connectivity index (χ0n) is 8.11. The molecule has 0 aliphatic carbocycles. The molecule has 2 nitrogen and oxygen atoms in total. The Balaban J connectivity index is 2.54. The van der Waals surface area contributed by atoms with Crippen LogP contribution >= 0.6 is 0 Å². The predicted octanol–water partition coefficient (Wildman–Crippen LogP) is 2.07. The van der Waals surface area contributed by atoms with Crippen LogP contribution in [0.3, 0.4) is 0 Å². The second-order valence-corrected chi connectivity index (χ2v) is 4.76. The van der Waals surface area contributed by atoms with Gasteiger partial charge in [0.15, 0.2) is 0 Å². The van der Waals surface area contributed by atoms with E-state index in [2.05, 4.69) is 32.7 Å². The largest absolute Gasteiger partial charge is 0.330 e. The van der Waals surface area contributed by atoms with Crippen molar-refractivity contribution in [2.75, 3.05) is 0 Å². The lowest BCUT2D eigenvalue weighted by molar-refractivity contribution is -0.123. The molecular formula is C10H17NO. The lowest BCUT2D eigenvalue weighted by atomic mass is 9.84. The van der Waals surface area contributed by atoms with Gasteiger partial charge in [0.2, 0.25) is 5.91 Å². The molecule has 0 spiro atoms. The molecular weight excluding hydrogens is 150 g/mol. The van der Waals surface area contributed by atoms with Gasteiger partial charge in [-0.15, -0.1) is 0 Å². The molecule has 2 heteroatoms. The van der Waals surface area contributed by atoms with E-state index in [1.807, 2.05) is 0 Å². The highest BCUT2D eigenvalue weighted by Gasteiger charge is 2.30. The summed E-state index contributed by atoms with van der Waals surface area (Å²) in [6.07, 6.45) is 1.76. The summed E-state index contributed by atoms with van der Waals surface area (Å²) >= 11 is 0. The first-order valence-corrected chi connectivity index (χ1v) is 4.37. The Morgan fingerprint density at radius 2 is 2.17 bits per heavy atom. The molecule has 1 unspecified atom stereocenters. The summed E-state index contributed by atoms with van der Waals surface area (Å²) in [5.41, 5.74) is 1.10. The summed E-state index contributed by atoms with van der Waals surface area (Å²) in [5, 5.41) is 2.76. The maximum Gasteiger partial charge on any atom is 0.227 e. The first-order chi connectivity index (χ1) is 5.38. The molecule has 0 radical (unpaired) electrons. The van der Waals surface area contributed by atoms with E-state index in [9.17, 15) is 4.79 Å². The van der Waals surface area contributed by atoms with Crippen LogP contribution < -0.4 is 5.32 Å². The average molecular weight is 167 g/mol. The quantitative estimate of drug-likeness (QED) is 0.636. The number of allylic oxidation sites excluding steroid dienone is 1. The fourth-order valence-corrected chi connectivity index (χ4v) is 1.62. The Bertz CT molecular complexity index is 212. The summed E-state index contributed by atoms with van der Waals surface area (Å²) in [6.45, 7) is 10.2. The Kier molecular flexibility index (Phi) is 2.27. The van der Waals surface area contributed by atoms with Gasteiger partial charge < -0.3 is 5.32 Å². The van der Waals surface area contributed by atoms with Gasteiger partial charge in [-0.3, -0.25) is 4.79 Å². The monoisotopic (exact) mass is 167 g/mol. The first kappa shape index (κ1) is 9.30. The minimum absolute atomic E-state index is 0.148. The Morgan fingerprint density at radius 3 is 2.50 bits per heavy atom. The van der Waals surface area contributed by atoms with E-state index in [0.29, 0.717) is 0 Å². The van der Waals surface area contributed by atoms with Gasteiger partial charge in [-0.1, -0.05) is 27.4 Å². The Hall–Kier alpha value is -0.790. The molecule has 0 saturated carbocycles. The van der Waals surface area contributed by atoms with E-state index < -0.39 is 0 Å². The Labute approximate surface area is 74.0 Å². The van der Waals surface area contributed by atoms with Gasteiger partial charge in [-0.25, -0.2) is 0 Å². The summed E-state index contributed by atoms with van der Waals surface area (Å²) in [4.78, 5) is 11.3. The lowest BCUT2D eigenvalue weighted by Crippen LogP contribution is -2.22. The molecule has 1 amide bonds. The number of hydrogen-bond donors (Lipinski definition) is 1. The van der Waals surface area contributed by atoms with Crippen molar-refractivity contribution in [2.24, 2.45) is 11.3 Å². The van der Waals surface area contributed by atoms with Crippen molar-refractivity contribution in [3.63, 3.8) is 0 Å². The van der Waals surface area contributed by atoms with E-state index >= 15 is 0 Å². The molecule has 0 aromatic carbocycles. The smallest absolute Gasteiger partial charge is 0.227 e. The maximum absolute atomic E-state index is 11.3. The van der Waals surface area contributed by atoms with Crippen molar-refractivity contribution in [1.82, 2.24) is 5.32 Å². The molecule has 0 bridgehead atoms. The summed E-state index contributed by atoms with van der Waals surface area (Å²) in [6, 6.07) is 0. The standard InChI is InChI=1S/C10H17NO/c1-7-5-8(9(12)11-7)6-10(2,3)4/h8H,1,5-6H2,2-4H3,(H,11,12). The molecule has 1 heterocycles. The van der Waals surface area contributed by atoms with Crippen LogP contribution in [0.25, 0.3) is 0 Å². The topological polar surface area (TPSA) is 29.1 Å². The highest BCUT2D eigenvalue weighted by atomic mass is 16.2. The highest BCUT2D eigenvalue weighted by Crippen LogP contribution is 2.30. The van der Waals surface area contributed by atoms with E-state index in [1.54, 1.807) is 0 Å². The fraction of sp³-hybridized carbons (Fsp3) is 0.700. The molecule has 0 aromatic heterocycles. The summed E-state index contributed by atoms with van der Waals surface area (Å²) in [7, 11) is 0. The number of hydrogen-bond acceptors (Lipinski definition) is 1. The van der Waals surface area contributed by atoms with Crippen molar-refractivity contribution in [1.29, 1.82) is 0 Å². The van der Waals surface area contributed by atoms with Gasteiger partial charge in [0.1, 0.15) is 0 Å². The summed E-state index contributed by atoms with van der Waals surface area (Å²) in [5.74, 6) is 0.299. The van der Waals surface area contributed by atoms with Crippen LogP contribution in [0.1, 0.15) is 33.6 Å². The van der Waals surface area contributed by atoms with Gasteiger partial charge in [0.05, 0.1) is 0 Å². The molecule has 1 saturated heterocycles. The molecule has 1 N–H and O–H groups in total. The van der Waals surface area contributed by atoms with E-state index in [0.717, 1.165) is 18.5 Å². The zero-order valence-corrected chi connectivity index (χ0v) is 8.11. The molecule has 12 heavy (non-hydrogen) atoms. The average Bonchev–Trinajstić information content (AvgIpc) is 2.06.